The van der Waals surface area contributed by atoms with E-state index in [1.807, 2.05) is 30.3 Å². The predicted octanol–water partition coefficient (Wildman–Crippen LogP) is 2.08. The van der Waals surface area contributed by atoms with E-state index < -0.39 is 0 Å². The molecule has 0 saturated carbocycles. The van der Waals surface area contributed by atoms with E-state index >= 15 is 0 Å². The first kappa shape index (κ1) is 13.1. The van der Waals surface area contributed by atoms with E-state index in [2.05, 4.69) is 11.9 Å². The zero-order valence-corrected chi connectivity index (χ0v) is 11.5. The third-order valence-corrected chi connectivity index (χ3v) is 4.21. The van der Waals surface area contributed by atoms with Gasteiger partial charge >= 0.3 is 0 Å². The van der Waals surface area contributed by atoms with Crippen molar-refractivity contribution >= 4 is 16.7 Å². The molecule has 1 aliphatic heterocycles. The number of benzene rings is 1. The maximum atomic E-state index is 12.7. The van der Waals surface area contributed by atoms with Crippen LogP contribution in [-0.2, 0) is 0 Å². The maximum Gasteiger partial charge on any atom is 0.273 e. The second-order valence-corrected chi connectivity index (χ2v) is 5.40. The molecule has 3 rings (SSSR count). The number of rotatable bonds is 2. The molecular weight excluding hydrogens is 252 g/mol. The minimum Gasteiger partial charge on any atom is -0.394 e. The standard InChI is InChI=1S/C16H18N2O2/c1-11-7-9-18(14(11)10-19)16(20)15-13-5-3-2-4-12(13)6-8-17-15/h2-6,8,11,14,19H,7,9-10H2,1H3. The summed E-state index contributed by atoms with van der Waals surface area (Å²) in [4.78, 5) is 18.8. The third-order valence-electron chi connectivity index (χ3n) is 4.21. The van der Waals surface area contributed by atoms with E-state index in [0.29, 0.717) is 18.2 Å². The Balaban J connectivity index is 2.01. The third kappa shape index (κ3) is 2.06. The van der Waals surface area contributed by atoms with Crippen molar-refractivity contribution in [1.82, 2.24) is 9.88 Å². The normalized spacial score (nSPS) is 22.4. The van der Waals surface area contributed by atoms with Gasteiger partial charge in [0.2, 0.25) is 0 Å². The first-order valence-electron chi connectivity index (χ1n) is 6.98. The summed E-state index contributed by atoms with van der Waals surface area (Å²) < 4.78 is 0. The Kier molecular flexibility index (Phi) is 3.40. The number of likely N-dealkylation sites (tertiary alicyclic amines) is 1. The van der Waals surface area contributed by atoms with Crippen LogP contribution in [0.5, 0.6) is 0 Å². The van der Waals surface area contributed by atoms with E-state index in [4.69, 9.17) is 0 Å². The number of hydrogen-bond donors (Lipinski definition) is 1. The monoisotopic (exact) mass is 270 g/mol. The van der Waals surface area contributed by atoms with Crippen molar-refractivity contribution in [1.29, 1.82) is 0 Å². The van der Waals surface area contributed by atoms with Crippen LogP contribution < -0.4 is 0 Å². The SMILES string of the molecule is CC1CCN(C(=O)c2nccc3ccccc23)C1CO. The summed E-state index contributed by atoms with van der Waals surface area (Å²) in [5, 5.41) is 11.4. The Morgan fingerprint density at radius 2 is 2.20 bits per heavy atom. The highest BCUT2D eigenvalue weighted by molar-refractivity contribution is 6.05. The Labute approximate surface area is 118 Å². The van der Waals surface area contributed by atoms with Gasteiger partial charge in [-0.05, 0) is 23.8 Å². The molecule has 1 aromatic heterocycles. The molecule has 104 valence electrons. The number of nitrogens with zero attached hydrogens (tertiary/aromatic N) is 2. The van der Waals surface area contributed by atoms with Crippen molar-refractivity contribution < 1.29 is 9.90 Å². The fourth-order valence-electron chi connectivity index (χ4n) is 2.96. The van der Waals surface area contributed by atoms with Gasteiger partial charge in [0.05, 0.1) is 12.6 Å². The predicted molar refractivity (Wildman–Crippen MR) is 77.4 cm³/mol. The van der Waals surface area contributed by atoms with Gasteiger partial charge in [-0.2, -0.15) is 0 Å². The molecule has 0 aliphatic carbocycles. The number of aliphatic hydroxyl groups excluding tert-OH is 1. The summed E-state index contributed by atoms with van der Waals surface area (Å²) in [7, 11) is 0. The van der Waals surface area contributed by atoms with Crippen LogP contribution >= 0.6 is 0 Å². The van der Waals surface area contributed by atoms with Crippen molar-refractivity contribution in [2.45, 2.75) is 19.4 Å². The van der Waals surface area contributed by atoms with E-state index in [9.17, 15) is 9.90 Å². The van der Waals surface area contributed by atoms with Crippen LogP contribution in [0, 0.1) is 5.92 Å². The number of fused-ring (bicyclic) bond motifs is 1. The van der Waals surface area contributed by atoms with Gasteiger partial charge in [0.1, 0.15) is 5.69 Å². The number of carbonyl (C=O) groups excluding carboxylic acids is 1. The summed E-state index contributed by atoms with van der Waals surface area (Å²) >= 11 is 0. The molecule has 1 fully saturated rings. The zero-order chi connectivity index (χ0) is 14.1. The quantitative estimate of drug-likeness (QED) is 0.909. The number of carbonyl (C=O) groups is 1. The molecule has 4 nitrogen and oxygen atoms in total. The second-order valence-electron chi connectivity index (χ2n) is 5.40. The molecule has 1 saturated heterocycles. The summed E-state index contributed by atoms with van der Waals surface area (Å²) in [6, 6.07) is 9.57. The van der Waals surface area contributed by atoms with Crippen molar-refractivity contribution in [3.63, 3.8) is 0 Å². The number of aromatic nitrogens is 1. The highest BCUT2D eigenvalue weighted by atomic mass is 16.3. The van der Waals surface area contributed by atoms with Crippen LogP contribution in [0.25, 0.3) is 10.8 Å². The fourth-order valence-corrected chi connectivity index (χ4v) is 2.96. The molecule has 4 heteroatoms. The molecular formula is C16H18N2O2. The molecule has 0 radical (unpaired) electrons. The molecule has 0 bridgehead atoms. The maximum absolute atomic E-state index is 12.7. The first-order chi connectivity index (χ1) is 9.72. The number of pyridine rings is 1. The van der Waals surface area contributed by atoms with Crippen molar-refractivity contribution in [3.05, 3.63) is 42.2 Å². The van der Waals surface area contributed by atoms with Crippen LogP contribution in [-0.4, -0.2) is 40.1 Å². The second kappa shape index (κ2) is 5.21. The Bertz CT molecular complexity index is 636. The molecule has 2 heterocycles. The summed E-state index contributed by atoms with van der Waals surface area (Å²) in [6.45, 7) is 2.78. The van der Waals surface area contributed by atoms with Crippen LogP contribution in [0.15, 0.2) is 36.5 Å². The first-order valence-corrected chi connectivity index (χ1v) is 6.98. The molecule has 1 aliphatic rings. The van der Waals surface area contributed by atoms with Gasteiger partial charge in [0, 0.05) is 18.1 Å². The molecule has 1 N–H and O–H groups in total. The van der Waals surface area contributed by atoms with E-state index in [1.165, 1.54) is 0 Å². The van der Waals surface area contributed by atoms with Gasteiger partial charge in [-0.3, -0.25) is 9.78 Å². The minimum absolute atomic E-state index is 0.0116. The van der Waals surface area contributed by atoms with Crippen molar-refractivity contribution in [2.75, 3.05) is 13.2 Å². The Morgan fingerprint density at radius 1 is 1.40 bits per heavy atom. The molecule has 2 atom stereocenters. The zero-order valence-electron chi connectivity index (χ0n) is 11.5. The topological polar surface area (TPSA) is 53.4 Å². The number of hydrogen-bond acceptors (Lipinski definition) is 3. The van der Waals surface area contributed by atoms with Crippen LogP contribution in [0.1, 0.15) is 23.8 Å². The smallest absolute Gasteiger partial charge is 0.273 e. The van der Waals surface area contributed by atoms with E-state index in [-0.39, 0.29) is 18.6 Å². The Hall–Kier alpha value is -1.94. The molecule has 1 amide bonds. The van der Waals surface area contributed by atoms with E-state index in [0.717, 1.165) is 17.2 Å². The molecule has 2 unspecified atom stereocenters. The lowest BCUT2D eigenvalue weighted by atomic mass is 10.0. The molecule has 0 spiro atoms. The van der Waals surface area contributed by atoms with Gasteiger partial charge in [-0.1, -0.05) is 31.2 Å². The summed E-state index contributed by atoms with van der Waals surface area (Å²) in [6.07, 6.45) is 2.60. The van der Waals surface area contributed by atoms with Gasteiger partial charge < -0.3 is 10.0 Å². The van der Waals surface area contributed by atoms with Gasteiger partial charge in [0.15, 0.2) is 0 Å². The van der Waals surface area contributed by atoms with E-state index in [1.54, 1.807) is 11.1 Å². The number of aliphatic hydroxyl groups is 1. The minimum atomic E-state index is -0.0942. The summed E-state index contributed by atoms with van der Waals surface area (Å²) in [5.74, 6) is 0.254. The van der Waals surface area contributed by atoms with Crippen molar-refractivity contribution in [3.8, 4) is 0 Å². The van der Waals surface area contributed by atoms with Gasteiger partial charge in [-0.15, -0.1) is 0 Å². The average Bonchev–Trinajstić information content (AvgIpc) is 2.86. The van der Waals surface area contributed by atoms with Gasteiger partial charge in [-0.25, -0.2) is 0 Å². The molecule has 20 heavy (non-hydrogen) atoms. The van der Waals surface area contributed by atoms with Gasteiger partial charge in [0.25, 0.3) is 5.91 Å². The highest BCUT2D eigenvalue weighted by Crippen LogP contribution is 2.26. The highest BCUT2D eigenvalue weighted by Gasteiger charge is 2.35. The number of amides is 1. The average molecular weight is 270 g/mol. The van der Waals surface area contributed by atoms with Crippen LogP contribution in [0.2, 0.25) is 0 Å². The Morgan fingerprint density at radius 3 is 3.00 bits per heavy atom. The van der Waals surface area contributed by atoms with Crippen LogP contribution in [0.3, 0.4) is 0 Å². The van der Waals surface area contributed by atoms with Crippen molar-refractivity contribution in [2.24, 2.45) is 5.92 Å². The fraction of sp³-hybridized carbons (Fsp3) is 0.375. The molecule has 2 aromatic rings. The molecule has 1 aromatic carbocycles. The lowest BCUT2D eigenvalue weighted by Gasteiger charge is -2.25. The largest absolute Gasteiger partial charge is 0.394 e. The lowest BCUT2D eigenvalue weighted by Crippen LogP contribution is -2.40. The summed E-state index contributed by atoms with van der Waals surface area (Å²) in [5.41, 5.74) is 0.482. The lowest BCUT2D eigenvalue weighted by molar-refractivity contribution is 0.0644. The van der Waals surface area contributed by atoms with Crippen LogP contribution in [0.4, 0.5) is 0 Å².